The molecule has 3 N–H and O–H groups in total. The minimum absolute atomic E-state index is 0.204. The van der Waals surface area contributed by atoms with Crippen molar-refractivity contribution in [3.8, 4) is 0 Å². The predicted octanol–water partition coefficient (Wildman–Crippen LogP) is 1.68. The monoisotopic (exact) mass is 254 g/mol. The first-order valence-electron chi connectivity index (χ1n) is 4.42. The Morgan fingerprint density at radius 1 is 1.31 bits per heavy atom. The summed E-state index contributed by atoms with van der Waals surface area (Å²) in [4.78, 5) is 16.4. The summed E-state index contributed by atoms with van der Waals surface area (Å²) in [7, 11) is 0. The van der Waals surface area contributed by atoms with Crippen LogP contribution in [-0.2, 0) is 0 Å². The number of thioether (sulfide) groups is 1. The van der Waals surface area contributed by atoms with E-state index < -0.39 is 0 Å². The predicted molar refractivity (Wildman–Crippen MR) is 66.2 cm³/mol. The van der Waals surface area contributed by atoms with Crippen LogP contribution in [0.15, 0.2) is 10.5 Å². The normalized spacial score (nSPS) is 10.4. The van der Waals surface area contributed by atoms with Gasteiger partial charge in [0.15, 0.2) is 10.3 Å². The van der Waals surface area contributed by atoms with E-state index in [0.29, 0.717) is 11.1 Å². The fourth-order valence-corrected chi connectivity index (χ4v) is 2.07. The van der Waals surface area contributed by atoms with E-state index in [9.17, 15) is 0 Å². The molecule has 8 heteroatoms. The van der Waals surface area contributed by atoms with E-state index in [2.05, 4.69) is 25.3 Å². The van der Waals surface area contributed by atoms with Gasteiger partial charge in [0.25, 0.3) is 0 Å². The van der Waals surface area contributed by atoms with Crippen molar-refractivity contribution in [3.05, 3.63) is 11.1 Å². The third-order valence-corrected chi connectivity index (χ3v) is 3.08. The zero-order valence-corrected chi connectivity index (χ0v) is 10.4. The molecule has 0 saturated heterocycles. The topological polar surface area (TPSA) is 89.6 Å². The quantitative estimate of drug-likeness (QED) is 0.805. The molecule has 0 saturated carbocycles. The van der Waals surface area contributed by atoms with E-state index in [0.717, 1.165) is 10.8 Å². The molecule has 0 aromatic carbocycles. The number of rotatable bonds is 3. The first-order valence-corrected chi connectivity index (χ1v) is 6.52. The number of nitrogens with two attached hydrogens (primary N) is 1. The Kier molecular flexibility index (Phi) is 3.20. The number of hydrogen-bond acceptors (Lipinski definition) is 8. The number of hydrogen-bond donors (Lipinski definition) is 2. The third kappa shape index (κ3) is 2.58. The SMILES string of the molecule is CSc1nc(N)nc(Nc2nc(C)cs2)n1. The highest BCUT2D eigenvalue weighted by molar-refractivity contribution is 7.98. The van der Waals surface area contributed by atoms with Crippen molar-refractivity contribution in [1.82, 2.24) is 19.9 Å². The smallest absolute Gasteiger partial charge is 0.234 e. The summed E-state index contributed by atoms with van der Waals surface area (Å²) in [5, 5.41) is 6.27. The minimum Gasteiger partial charge on any atom is -0.368 e. The lowest BCUT2D eigenvalue weighted by atomic mass is 10.6. The Balaban J connectivity index is 2.24. The van der Waals surface area contributed by atoms with Crippen LogP contribution in [0, 0.1) is 6.92 Å². The molecule has 0 aliphatic heterocycles. The van der Waals surface area contributed by atoms with Gasteiger partial charge in [-0.2, -0.15) is 15.0 Å². The second-order valence-electron chi connectivity index (χ2n) is 2.92. The van der Waals surface area contributed by atoms with E-state index in [1.807, 2.05) is 18.6 Å². The van der Waals surface area contributed by atoms with Crippen molar-refractivity contribution in [2.45, 2.75) is 12.1 Å². The van der Waals surface area contributed by atoms with E-state index in [1.165, 1.54) is 23.1 Å². The van der Waals surface area contributed by atoms with Gasteiger partial charge in [0.05, 0.1) is 5.69 Å². The Hall–Kier alpha value is -1.41. The van der Waals surface area contributed by atoms with Gasteiger partial charge in [-0.1, -0.05) is 11.8 Å². The highest BCUT2D eigenvalue weighted by Crippen LogP contribution is 2.19. The number of nitrogens with zero attached hydrogens (tertiary/aromatic N) is 4. The van der Waals surface area contributed by atoms with Gasteiger partial charge in [0.1, 0.15) is 0 Å². The van der Waals surface area contributed by atoms with E-state index in [-0.39, 0.29) is 5.95 Å². The summed E-state index contributed by atoms with van der Waals surface area (Å²) in [5.41, 5.74) is 6.52. The van der Waals surface area contributed by atoms with Crippen LogP contribution >= 0.6 is 23.1 Å². The van der Waals surface area contributed by atoms with Crippen molar-refractivity contribution in [3.63, 3.8) is 0 Å². The highest BCUT2D eigenvalue weighted by atomic mass is 32.2. The zero-order chi connectivity index (χ0) is 11.5. The lowest BCUT2D eigenvalue weighted by molar-refractivity contribution is 0.926. The van der Waals surface area contributed by atoms with Gasteiger partial charge in [-0.05, 0) is 13.2 Å². The van der Waals surface area contributed by atoms with Crippen molar-refractivity contribution in [1.29, 1.82) is 0 Å². The van der Waals surface area contributed by atoms with Crippen molar-refractivity contribution in [2.24, 2.45) is 0 Å². The molecule has 0 radical (unpaired) electrons. The highest BCUT2D eigenvalue weighted by Gasteiger charge is 2.05. The molecule has 0 atom stereocenters. The van der Waals surface area contributed by atoms with Crippen LogP contribution < -0.4 is 11.1 Å². The van der Waals surface area contributed by atoms with Crippen molar-refractivity contribution in [2.75, 3.05) is 17.3 Å². The number of nitrogen functional groups attached to an aromatic ring is 1. The molecule has 84 valence electrons. The molecule has 2 rings (SSSR count). The van der Waals surface area contributed by atoms with Gasteiger partial charge in [-0.15, -0.1) is 11.3 Å². The van der Waals surface area contributed by atoms with Crippen LogP contribution in [0.1, 0.15) is 5.69 Å². The molecule has 0 bridgehead atoms. The molecule has 2 heterocycles. The first kappa shape index (κ1) is 11.1. The van der Waals surface area contributed by atoms with E-state index >= 15 is 0 Å². The molecule has 0 unspecified atom stereocenters. The summed E-state index contributed by atoms with van der Waals surface area (Å²) >= 11 is 2.91. The molecule has 2 aromatic heterocycles. The molecule has 2 aromatic rings. The molecule has 16 heavy (non-hydrogen) atoms. The molecule has 0 aliphatic carbocycles. The summed E-state index contributed by atoms with van der Waals surface area (Å²) in [6, 6.07) is 0. The zero-order valence-electron chi connectivity index (χ0n) is 8.76. The summed E-state index contributed by atoms with van der Waals surface area (Å²) in [6.07, 6.45) is 1.88. The maximum Gasteiger partial charge on any atom is 0.234 e. The average molecular weight is 254 g/mol. The van der Waals surface area contributed by atoms with Crippen LogP contribution in [0.25, 0.3) is 0 Å². The van der Waals surface area contributed by atoms with E-state index in [4.69, 9.17) is 5.73 Å². The summed E-state index contributed by atoms with van der Waals surface area (Å²) < 4.78 is 0. The summed E-state index contributed by atoms with van der Waals surface area (Å²) in [6.45, 7) is 1.93. The van der Waals surface area contributed by atoms with Gasteiger partial charge >= 0.3 is 0 Å². The van der Waals surface area contributed by atoms with Crippen molar-refractivity contribution < 1.29 is 0 Å². The van der Waals surface area contributed by atoms with Gasteiger partial charge in [-0.3, -0.25) is 5.32 Å². The Labute approximate surface area is 101 Å². The van der Waals surface area contributed by atoms with Gasteiger partial charge in [0, 0.05) is 5.38 Å². The Morgan fingerprint density at radius 3 is 2.75 bits per heavy atom. The fraction of sp³-hybridized carbons (Fsp3) is 0.250. The lowest BCUT2D eigenvalue weighted by Crippen LogP contribution is -2.04. The van der Waals surface area contributed by atoms with Crippen molar-refractivity contribution >= 4 is 40.1 Å². The Bertz CT molecular complexity index is 497. The van der Waals surface area contributed by atoms with Gasteiger partial charge in [0.2, 0.25) is 11.9 Å². The van der Waals surface area contributed by atoms with Crippen LogP contribution in [0.4, 0.5) is 17.0 Å². The molecule has 0 amide bonds. The lowest BCUT2D eigenvalue weighted by Gasteiger charge is -2.02. The molecule has 0 spiro atoms. The maximum absolute atomic E-state index is 5.56. The molecule has 6 nitrogen and oxygen atoms in total. The molecule has 0 aliphatic rings. The number of aryl methyl sites for hydroxylation is 1. The van der Waals surface area contributed by atoms with Crippen LogP contribution in [0.3, 0.4) is 0 Å². The van der Waals surface area contributed by atoms with Gasteiger partial charge < -0.3 is 5.73 Å². The molecular weight excluding hydrogens is 244 g/mol. The minimum atomic E-state index is 0.204. The number of anilines is 3. The van der Waals surface area contributed by atoms with E-state index in [1.54, 1.807) is 0 Å². The standard InChI is InChI=1S/C8H10N6S2/c1-4-3-16-8(10-4)14-6-11-5(9)12-7(13-6)15-2/h3H,1-2H3,(H3,9,10,11,12,13,14). The fourth-order valence-electron chi connectivity index (χ4n) is 1.03. The molecule has 0 fully saturated rings. The largest absolute Gasteiger partial charge is 0.368 e. The second-order valence-corrected chi connectivity index (χ2v) is 4.55. The number of nitrogens with one attached hydrogen (secondary N) is 1. The summed E-state index contributed by atoms with van der Waals surface area (Å²) in [5.74, 6) is 0.626. The average Bonchev–Trinajstić information content (AvgIpc) is 2.63. The molecular formula is C8H10N6S2. The van der Waals surface area contributed by atoms with Crippen LogP contribution in [-0.4, -0.2) is 26.2 Å². The Morgan fingerprint density at radius 2 is 2.12 bits per heavy atom. The van der Waals surface area contributed by atoms with Gasteiger partial charge in [-0.25, -0.2) is 4.98 Å². The first-order chi connectivity index (χ1) is 7.67. The maximum atomic E-state index is 5.56. The third-order valence-electron chi connectivity index (χ3n) is 1.65. The number of thiazole rings is 1. The number of aromatic nitrogens is 4. The van der Waals surface area contributed by atoms with Crippen LogP contribution in [0.5, 0.6) is 0 Å². The second kappa shape index (κ2) is 4.62. The van der Waals surface area contributed by atoms with Crippen LogP contribution in [0.2, 0.25) is 0 Å².